The number of amides is 1. The van der Waals surface area contributed by atoms with Gasteiger partial charge < -0.3 is 10.1 Å². The molecule has 0 aliphatic heterocycles. The summed E-state index contributed by atoms with van der Waals surface area (Å²) in [7, 11) is 0. The Kier molecular flexibility index (Phi) is 6.13. The average molecular weight is 307 g/mol. The maximum atomic E-state index is 13.2. The van der Waals surface area contributed by atoms with Gasteiger partial charge in [0, 0.05) is 19.0 Å². The van der Waals surface area contributed by atoms with Crippen molar-refractivity contribution in [2.45, 2.75) is 26.2 Å². The van der Waals surface area contributed by atoms with Crippen LogP contribution in [0.4, 0.5) is 17.6 Å². The molecule has 0 spiro atoms. The molecule has 0 bridgehead atoms. The number of esters is 1. The third kappa shape index (κ3) is 4.73. The van der Waals surface area contributed by atoms with E-state index in [9.17, 15) is 27.2 Å². The van der Waals surface area contributed by atoms with Gasteiger partial charge in [0.1, 0.15) is 0 Å². The smallest absolute Gasteiger partial charge is 0.311 e. The summed E-state index contributed by atoms with van der Waals surface area (Å²) in [6, 6.07) is 0.000195. The highest BCUT2D eigenvalue weighted by Crippen LogP contribution is 2.26. The van der Waals surface area contributed by atoms with Crippen molar-refractivity contribution in [1.82, 2.24) is 5.32 Å². The lowest BCUT2D eigenvalue weighted by Gasteiger charge is -2.08. The number of halogens is 4. The van der Waals surface area contributed by atoms with Gasteiger partial charge in [0.2, 0.25) is 23.3 Å². The van der Waals surface area contributed by atoms with Crippen LogP contribution in [0.25, 0.3) is 0 Å². The van der Waals surface area contributed by atoms with Crippen LogP contribution >= 0.6 is 0 Å². The third-order valence-corrected chi connectivity index (χ3v) is 2.42. The van der Waals surface area contributed by atoms with E-state index in [0.717, 1.165) is 0 Å². The highest BCUT2D eigenvalue weighted by atomic mass is 19.2. The Balaban J connectivity index is 2.66. The number of hydrogen-bond acceptors (Lipinski definition) is 3. The van der Waals surface area contributed by atoms with Gasteiger partial charge in [0.15, 0.2) is 11.6 Å². The minimum absolute atomic E-state index is 0.000195. The molecule has 1 N–H and O–H groups in total. The van der Waals surface area contributed by atoms with Crippen LogP contribution in [0.5, 0.6) is 5.75 Å². The van der Waals surface area contributed by atoms with E-state index in [1.807, 2.05) is 6.92 Å². The van der Waals surface area contributed by atoms with Crippen LogP contribution in [0.1, 0.15) is 26.2 Å². The molecule has 0 aliphatic rings. The van der Waals surface area contributed by atoms with Gasteiger partial charge in [-0.15, -0.1) is 0 Å². The summed E-state index contributed by atoms with van der Waals surface area (Å²) in [5.41, 5.74) is 0. The topological polar surface area (TPSA) is 55.4 Å². The van der Waals surface area contributed by atoms with Gasteiger partial charge in [-0.1, -0.05) is 6.92 Å². The number of ether oxygens (including phenoxy) is 1. The third-order valence-electron chi connectivity index (χ3n) is 2.42. The summed E-state index contributed by atoms with van der Waals surface area (Å²) in [5.74, 6) is -10.1. The molecule has 0 atom stereocenters. The summed E-state index contributed by atoms with van der Waals surface area (Å²) < 4.78 is 56.5. The second-order valence-electron chi connectivity index (χ2n) is 4.12. The van der Waals surface area contributed by atoms with Crippen molar-refractivity contribution in [1.29, 1.82) is 0 Å². The molecule has 0 aliphatic carbocycles. The van der Waals surface area contributed by atoms with Gasteiger partial charge in [-0.05, 0) is 6.42 Å². The number of rotatable bonds is 6. The molecule has 1 aromatic rings. The number of carbonyl (C=O) groups excluding carboxylic acids is 2. The summed E-state index contributed by atoms with van der Waals surface area (Å²) >= 11 is 0. The van der Waals surface area contributed by atoms with Gasteiger partial charge in [-0.3, -0.25) is 9.59 Å². The summed E-state index contributed by atoms with van der Waals surface area (Å²) in [6.45, 7) is 2.25. The van der Waals surface area contributed by atoms with Crippen molar-refractivity contribution in [3.8, 4) is 5.75 Å². The van der Waals surface area contributed by atoms with Gasteiger partial charge in [0.05, 0.1) is 6.42 Å². The monoisotopic (exact) mass is 307 g/mol. The molecule has 116 valence electrons. The van der Waals surface area contributed by atoms with Crippen molar-refractivity contribution in [2.75, 3.05) is 6.54 Å². The van der Waals surface area contributed by atoms with Crippen molar-refractivity contribution in [3.05, 3.63) is 29.3 Å². The van der Waals surface area contributed by atoms with Crippen molar-refractivity contribution in [2.24, 2.45) is 0 Å². The zero-order chi connectivity index (χ0) is 16.0. The van der Waals surface area contributed by atoms with Gasteiger partial charge in [-0.25, -0.2) is 8.78 Å². The fraction of sp³-hybridized carbons (Fsp3) is 0.385. The van der Waals surface area contributed by atoms with E-state index in [2.05, 4.69) is 10.1 Å². The Morgan fingerprint density at radius 1 is 1.10 bits per heavy atom. The Bertz CT molecular complexity index is 522. The zero-order valence-corrected chi connectivity index (χ0v) is 11.1. The quantitative estimate of drug-likeness (QED) is 0.380. The number of carbonyl (C=O) groups is 2. The second kappa shape index (κ2) is 7.61. The Hall–Kier alpha value is -2.12. The SMILES string of the molecule is CCCNC(=O)CCC(=O)Oc1c(F)c(F)cc(F)c1F. The molecule has 0 heterocycles. The zero-order valence-electron chi connectivity index (χ0n) is 11.1. The van der Waals surface area contributed by atoms with Crippen LogP contribution in [0.15, 0.2) is 6.07 Å². The summed E-state index contributed by atoms with van der Waals surface area (Å²) in [4.78, 5) is 22.6. The molecule has 0 fully saturated rings. The van der Waals surface area contributed by atoms with Crippen LogP contribution in [-0.4, -0.2) is 18.4 Å². The molecule has 0 unspecified atom stereocenters. The fourth-order valence-corrected chi connectivity index (χ4v) is 1.37. The van der Waals surface area contributed by atoms with Crippen molar-refractivity contribution < 1.29 is 31.9 Å². The molecule has 0 aromatic heterocycles. The predicted octanol–water partition coefficient (Wildman–Crippen LogP) is 2.45. The Labute approximate surface area is 118 Å². The summed E-state index contributed by atoms with van der Waals surface area (Å²) in [6.07, 6.45) is -0.0401. The average Bonchev–Trinajstić information content (AvgIpc) is 2.45. The number of benzene rings is 1. The first-order valence-corrected chi connectivity index (χ1v) is 6.17. The van der Waals surface area contributed by atoms with Crippen LogP contribution in [0.3, 0.4) is 0 Å². The first-order chi connectivity index (χ1) is 9.86. The first kappa shape index (κ1) is 16.9. The number of nitrogens with one attached hydrogen (secondary N) is 1. The Morgan fingerprint density at radius 3 is 2.19 bits per heavy atom. The van der Waals surface area contributed by atoms with E-state index in [1.165, 1.54) is 0 Å². The van der Waals surface area contributed by atoms with E-state index in [4.69, 9.17) is 0 Å². The molecule has 0 saturated carbocycles. The Morgan fingerprint density at radius 2 is 1.67 bits per heavy atom. The highest BCUT2D eigenvalue weighted by molar-refractivity contribution is 5.82. The maximum Gasteiger partial charge on any atom is 0.311 e. The highest BCUT2D eigenvalue weighted by Gasteiger charge is 2.23. The standard InChI is InChI=1S/C13H13F4NO3/c1-2-5-18-9(19)3-4-10(20)21-13-11(16)7(14)6-8(15)12(13)17/h6H,2-5H2,1H3,(H,18,19). The first-order valence-electron chi connectivity index (χ1n) is 6.17. The second-order valence-corrected chi connectivity index (χ2v) is 4.12. The normalized spacial score (nSPS) is 10.3. The van der Waals surface area contributed by atoms with Crippen LogP contribution in [0.2, 0.25) is 0 Å². The largest absolute Gasteiger partial charge is 0.420 e. The summed E-state index contributed by atoms with van der Waals surface area (Å²) in [5, 5.41) is 2.48. The van der Waals surface area contributed by atoms with Crippen LogP contribution < -0.4 is 10.1 Å². The van der Waals surface area contributed by atoms with E-state index < -0.39 is 47.3 Å². The minimum atomic E-state index is -1.81. The molecular formula is C13H13F4NO3. The molecule has 1 rings (SSSR count). The molecule has 4 nitrogen and oxygen atoms in total. The number of hydrogen-bond donors (Lipinski definition) is 1. The molecular weight excluding hydrogens is 294 g/mol. The van der Waals surface area contributed by atoms with E-state index >= 15 is 0 Å². The van der Waals surface area contributed by atoms with Crippen molar-refractivity contribution in [3.63, 3.8) is 0 Å². The lowest BCUT2D eigenvalue weighted by atomic mass is 10.2. The van der Waals surface area contributed by atoms with Crippen LogP contribution in [0, 0.1) is 23.3 Å². The minimum Gasteiger partial charge on any atom is -0.420 e. The van der Waals surface area contributed by atoms with Gasteiger partial charge in [-0.2, -0.15) is 8.78 Å². The fourth-order valence-electron chi connectivity index (χ4n) is 1.37. The molecule has 1 amide bonds. The van der Waals surface area contributed by atoms with Crippen molar-refractivity contribution >= 4 is 11.9 Å². The van der Waals surface area contributed by atoms with Gasteiger partial charge >= 0.3 is 5.97 Å². The van der Waals surface area contributed by atoms with E-state index in [1.54, 1.807) is 0 Å². The predicted molar refractivity (Wildman–Crippen MR) is 64.4 cm³/mol. The molecule has 0 radical (unpaired) electrons. The maximum absolute atomic E-state index is 13.2. The molecule has 0 saturated heterocycles. The molecule has 1 aromatic carbocycles. The van der Waals surface area contributed by atoms with Gasteiger partial charge in [0.25, 0.3) is 0 Å². The van der Waals surface area contributed by atoms with E-state index in [0.29, 0.717) is 13.0 Å². The van der Waals surface area contributed by atoms with Crippen LogP contribution in [-0.2, 0) is 9.59 Å². The molecule has 8 heteroatoms. The lowest BCUT2D eigenvalue weighted by molar-refractivity contribution is -0.136. The molecule has 21 heavy (non-hydrogen) atoms. The lowest BCUT2D eigenvalue weighted by Crippen LogP contribution is -2.25. The van der Waals surface area contributed by atoms with E-state index in [-0.39, 0.29) is 12.5 Å².